The molecule has 1 aliphatic rings. The van der Waals surface area contributed by atoms with Gasteiger partial charge in [-0.2, -0.15) is 5.26 Å². The van der Waals surface area contributed by atoms with Gasteiger partial charge in [-0.25, -0.2) is 0 Å². The minimum Gasteiger partial charge on any atom is -0.338 e. The van der Waals surface area contributed by atoms with Crippen molar-refractivity contribution >= 4 is 52.1 Å². The number of anilines is 1. The third-order valence-corrected chi connectivity index (χ3v) is 7.33. The Bertz CT molecular complexity index is 1260. The van der Waals surface area contributed by atoms with Gasteiger partial charge in [-0.05, 0) is 73.9 Å². The summed E-state index contributed by atoms with van der Waals surface area (Å²) in [6.45, 7) is 4.14. The van der Waals surface area contributed by atoms with Gasteiger partial charge in [0, 0.05) is 11.1 Å². The van der Waals surface area contributed by atoms with Crippen LogP contribution in [0.2, 0.25) is 10.0 Å². The second kappa shape index (κ2) is 10.1. The van der Waals surface area contributed by atoms with Crippen LogP contribution < -0.4 is 4.90 Å². The molecule has 0 unspecified atom stereocenters. The summed E-state index contributed by atoms with van der Waals surface area (Å²) in [7, 11) is 0. The zero-order valence-electron chi connectivity index (χ0n) is 18.8. The second-order valence-electron chi connectivity index (χ2n) is 8.40. The largest absolute Gasteiger partial charge is 0.338 e. The van der Waals surface area contributed by atoms with E-state index in [1.807, 2.05) is 49.4 Å². The van der Waals surface area contributed by atoms with E-state index in [0.29, 0.717) is 27.8 Å². The van der Waals surface area contributed by atoms with Gasteiger partial charge in [0.2, 0.25) is 5.91 Å². The molecule has 3 aromatic carbocycles. The van der Waals surface area contributed by atoms with Crippen LogP contribution in [0.5, 0.6) is 0 Å². The highest BCUT2D eigenvalue weighted by molar-refractivity contribution is 7.80. The average Bonchev–Trinajstić information content (AvgIpc) is 2.83. The Morgan fingerprint density at radius 1 is 1.06 bits per heavy atom. The van der Waals surface area contributed by atoms with Crippen LogP contribution in [0.1, 0.15) is 36.6 Å². The summed E-state index contributed by atoms with van der Waals surface area (Å²) in [6.07, 6.45) is 0.540. The number of nitriles is 1. The van der Waals surface area contributed by atoms with Gasteiger partial charge in [0.15, 0.2) is 5.11 Å². The van der Waals surface area contributed by atoms with Crippen molar-refractivity contribution in [2.24, 2.45) is 5.92 Å². The predicted octanol–water partition coefficient (Wildman–Crippen LogP) is 6.81. The number of carbonyl (C=O) groups excluding carboxylic acids is 1. The molecular weight excluding hydrogens is 485 g/mol. The minimum atomic E-state index is -0.353. The molecule has 0 radical (unpaired) electrons. The van der Waals surface area contributed by atoms with E-state index < -0.39 is 0 Å². The Morgan fingerprint density at radius 3 is 2.35 bits per heavy atom. The lowest BCUT2D eigenvalue weighted by Crippen LogP contribution is -2.62. The fraction of sp³-hybridized carbons (Fsp3) is 0.222. The summed E-state index contributed by atoms with van der Waals surface area (Å²) >= 11 is 18.3. The van der Waals surface area contributed by atoms with E-state index in [2.05, 4.69) is 30.0 Å². The van der Waals surface area contributed by atoms with Crippen LogP contribution in [0.25, 0.3) is 0 Å². The third-order valence-electron chi connectivity index (χ3n) is 6.37. The molecule has 172 valence electrons. The first-order valence-corrected chi connectivity index (χ1v) is 12.1. The molecule has 0 bridgehead atoms. The number of carbonyl (C=O) groups is 1. The van der Waals surface area contributed by atoms with E-state index in [4.69, 9.17) is 35.4 Å². The summed E-state index contributed by atoms with van der Waals surface area (Å²) < 4.78 is 0. The Hall–Kier alpha value is -2.91. The highest BCUT2D eigenvalue weighted by Gasteiger charge is 2.44. The van der Waals surface area contributed by atoms with E-state index in [1.165, 1.54) is 0 Å². The third kappa shape index (κ3) is 4.67. The van der Waals surface area contributed by atoms with Crippen LogP contribution in [0.4, 0.5) is 5.69 Å². The standard InChI is InChI=1S/C27H23Cl2N3OS/c1-17(20-6-4-3-5-7-20)31-18(2)24(14-19-8-11-22(28)12-9-19)26(33)32(27(31)34)23-13-10-21(16-30)25(29)15-23/h3-13,15,17-18,24H,14H2,1-2H3/t17-,18+,24-/m1/s1. The molecule has 4 nitrogen and oxygen atoms in total. The number of thiocarbonyl (C=S) groups is 1. The lowest BCUT2D eigenvalue weighted by Gasteiger charge is -2.48. The molecule has 7 heteroatoms. The van der Waals surface area contributed by atoms with Crippen molar-refractivity contribution < 1.29 is 4.79 Å². The highest BCUT2D eigenvalue weighted by atomic mass is 35.5. The van der Waals surface area contributed by atoms with Gasteiger partial charge < -0.3 is 4.90 Å². The first kappa shape index (κ1) is 24.2. The van der Waals surface area contributed by atoms with Crippen LogP contribution in [0.15, 0.2) is 72.8 Å². The molecule has 34 heavy (non-hydrogen) atoms. The molecule has 1 saturated heterocycles. The van der Waals surface area contributed by atoms with E-state index in [0.717, 1.165) is 11.1 Å². The Balaban J connectivity index is 1.77. The lowest BCUT2D eigenvalue weighted by molar-refractivity contribution is -0.124. The fourth-order valence-corrected chi connectivity index (χ4v) is 5.33. The molecule has 3 aromatic rings. The molecule has 0 N–H and O–H groups in total. The van der Waals surface area contributed by atoms with Crippen LogP contribution in [0, 0.1) is 17.2 Å². The van der Waals surface area contributed by atoms with Crippen molar-refractivity contribution in [2.45, 2.75) is 32.4 Å². The Morgan fingerprint density at radius 2 is 1.74 bits per heavy atom. The summed E-state index contributed by atoms with van der Waals surface area (Å²) in [5, 5.41) is 10.6. The topological polar surface area (TPSA) is 47.3 Å². The molecule has 1 aliphatic heterocycles. The predicted molar refractivity (Wildman–Crippen MR) is 141 cm³/mol. The normalized spacial score (nSPS) is 19.1. The quantitative estimate of drug-likeness (QED) is 0.356. The zero-order chi connectivity index (χ0) is 24.4. The Labute approximate surface area is 215 Å². The SMILES string of the molecule is C[C@H](c1ccccc1)N1C(=S)N(c2ccc(C#N)c(Cl)c2)C(=O)[C@H](Cc2ccc(Cl)cc2)[C@@H]1C. The van der Waals surface area contributed by atoms with Gasteiger partial charge in [-0.3, -0.25) is 9.69 Å². The number of hydrogen-bond acceptors (Lipinski definition) is 3. The molecule has 1 amide bonds. The van der Waals surface area contributed by atoms with E-state index >= 15 is 0 Å². The van der Waals surface area contributed by atoms with Crippen molar-refractivity contribution in [1.82, 2.24) is 4.90 Å². The van der Waals surface area contributed by atoms with Gasteiger partial charge >= 0.3 is 0 Å². The molecule has 1 heterocycles. The molecule has 0 saturated carbocycles. The van der Waals surface area contributed by atoms with Crippen molar-refractivity contribution in [1.29, 1.82) is 5.26 Å². The van der Waals surface area contributed by atoms with Crippen LogP contribution in [-0.2, 0) is 11.2 Å². The molecular formula is C27H23Cl2N3OS. The maximum Gasteiger partial charge on any atom is 0.238 e. The van der Waals surface area contributed by atoms with Gasteiger partial charge in [-0.1, -0.05) is 65.7 Å². The van der Waals surface area contributed by atoms with Gasteiger partial charge in [0.1, 0.15) is 6.07 Å². The fourth-order valence-electron chi connectivity index (χ4n) is 4.46. The second-order valence-corrected chi connectivity index (χ2v) is 9.61. The van der Waals surface area contributed by atoms with Crippen molar-refractivity contribution in [3.05, 3.63) is 99.5 Å². The summed E-state index contributed by atoms with van der Waals surface area (Å²) in [6, 6.07) is 24.5. The molecule has 3 atom stereocenters. The molecule has 0 spiro atoms. The van der Waals surface area contributed by atoms with Crippen LogP contribution >= 0.6 is 35.4 Å². The highest BCUT2D eigenvalue weighted by Crippen LogP contribution is 2.37. The Kier molecular flexibility index (Phi) is 7.23. The van der Waals surface area contributed by atoms with Gasteiger partial charge in [-0.15, -0.1) is 0 Å². The number of nitrogens with zero attached hydrogens (tertiary/aromatic N) is 3. The van der Waals surface area contributed by atoms with Crippen LogP contribution in [-0.4, -0.2) is 22.0 Å². The van der Waals surface area contributed by atoms with E-state index in [1.54, 1.807) is 23.1 Å². The van der Waals surface area contributed by atoms with Crippen molar-refractivity contribution in [2.75, 3.05) is 4.90 Å². The summed E-state index contributed by atoms with van der Waals surface area (Å²) in [5.41, 5.74) is 3.03. The molecule has 4 rings (SSSR count). The monoisotopic (exact) mass is 507 g/mol. The maximum absolute atomic E-state index is 13.9. The van der Waals surface area contributed by atoms with Gasteiger partial charge in [0.05, 0.1) is 28.2 Å². The van der Waals surface area contributed by atoms with Gasteiger partial charge in [0.25, 0.3) is 0 Å². The molecule has 1 fully saturated rings. The molecule has 0 aromatic heterocycles. The lowest BCUT2D eigenvalue weighted by atomic mass is 9.87. The number of hydrogen-bond donors (Lipinski definition) is 0. The summed E-state index contributed by atoms with van der Waals surface area (Å²) in [5.74, 6) is -0.446. The molecule has 0 aliphatic carbocycles. The average molecular weight is 508 g/mol. The first-order chi connectivity index (χ1) is 16.3. The van der Waals surface area contributed by atoms with Crippen LogP contribution in [0.3, 0.4) is 0 Å². The van der Waals surface area contributed by atoms with E-state index in [-0.39, 0.29) is 28.9 Å². The van der Waals surface area contributed by atoms with Crippen molar-refractivity contribution in [3.8, 4) is 6.07 Å². The number of halogens is 2. The van der Waals surface area contributed by atoms with Crippen molar-refractivity contribution in [3.63, 3.8) is 0 Å². The number of rotatable bonds is 5. The zero-order valence-corrected chi connectivity index (χ0v) is 21.1. The number of benzene rings is 3. The minimum absolute atomic E-state index is 0.0547. The maximum atomic E-state index is 13.9. The van der Waals surface area contributed by atoms with E-state index in [9.17, 15) is 10.1 Å². The first-order valence-electron chi connectivity index (χ1n) is 11.0. The summed E-state index contributed by atoms with van der Waals surface area (Å²) in [4.78, 5) is 17.5. The smallest absolute Gasteiger partial charge is 0.238 e. The number of amides is 1.